The number of amides is 3. The van der Waals surface area contributed by atoms with Gasteiger partial charge in [-0.2, -0.15) is 0 Å². The van der Waals surface area contributed by atoms with Crippen molar-refractivity contribution in [3.63, 3.8) is 0 Å². The summed E-state index contributed by atoms with van der Waals surface area (Å²) in [5, 5.41) is 14.4. The van der Waals surface area contributed by atoms with Crippen LogP contribution < -0.4 is 20.1 Å². The van der Waals surface area contributed by atoms with E-state index < -0.39 is 11.9 Å². The van der Waals surface area contributed by atoms with Crippen molar-refractivity contribution in [3.8, 4) is 22.9 Å². The number of methoxy groups -OCH3 is 1. The van der Waals surface area contributed by atoms with Gasteiger partial charge in [0.2, 0.25) is 17.6 Å². The Kier molecular flexibility index (Phi) is 10.1. The van der Waals surface area contributed by atoms with Crippen molar-refractivity contribution in [2.45, 2.75) is 57.7 Å². The van der Waals surface area contributed by atoms with Gasteiger partial charge in [-0.15, -0.1) is 10.2 Å². The molecule has 13 nitrogen and oxygen atoms in total. The summed E-state index contributed by atoms with van der Waals surface area (Å²) in [7, 11) is 1.58. The van der Waals surface area contributed by atoms with Crippen LogP contribution in [-0.4, -0.2) is 86.3 Å². The average molecular weight is 641 g/mol. The molecule has 2 N–H and O–H groups in total. The van der Waals surface area contributed by atoms with Gasteiger partial charge in [-0.05, 0) is 43.0 Å². The zero-order chi connectivity index (χ0) is 32.6. The molecule has 0 radical (unpaired) electrons. The standard InChI is InChI=1S/C34H40N8O5/c1-46-27-13-12-25-22-28(27)47-20-8-16-41(34(45)32-39-38-29-11-6-3-7-17-42(29)32)23-30(43)37-26(21-24-9-4-2-5-10-24)33(44)36-15-19-40-18-14-35-31(25)40/h2,4-5,9-10,12-14,18,22,26H,3,6-8,11,15-17,19-21,23H2,1H3,(H,36,44)(H,37,43)/t26-/m0/s1. The summed E-state index contributed by atoms with van der Waals surface area (Å²) in [5.74, 6) is 1.68. The highest BCUT2D eigenvalue weighted by Crippen LogP contribution is 2.32. The summed E-state index contributed by atoms with van der Waals surface area (Å²) in [6.07, 6.45) is 8.02. The Balaban J connectivity index is 1.29. The first-order valence-corrected chi connectivity index (χ1v) is 16.1. The van der Waals surface area contributed by atoms with Gasteiger partial charge in [0.1, 0.15) is 17.7 Å². The SMILES string of the molecule is COc1ccc2cc1OCCCN(C(=O)c1nnc3n1CCCCC3)CC(=O)N[C@@H](Cc1ccccc1)C(=O)NCCn1ccnc1-2. The summed E-state index contributed by atoms with van der Waals surface area (Å²) < 4.78 is 15.5. The van der Waals surface area contributed by atoms with Crippen LogP contribution in [0.5, 0.6) is 11.5 Å². The number of carbonyl (C=O) groups is 3. The van der Waals surface area contributed by atoms with Crippen LogP contribution in [0.3, 0.4) is 0 Å². The predicted octanol–water partition coefficient (Wildman–Crippen LogP) is 2.65. The number of hydrogen-bond acceptors (Lipinski definition) is 8. The van der Waals surface area contributed by atoms with Crippen LogP contribution in [-0.2, 0) is 35.5 Å². The molecule has 0 saturated carbocycles. The molecule has 2 aromatic carbocycles. The number of imidazole rings is 1. The number of aromatic nitrogens is 5. The second-order valence-electron chi connectivity index (χ2n) is 11.7. The second kappa shape index (κ2) is 14.9. The molecule has 13 heteroatoms. The van der Waals surface area contributed by atoms with Gasteiger partial charge in [0.25, 0.3) is 5.91 Å². The van der Waals surface area contributed by atoms with Gasteiger partial charge in [-0.25, -0.2) is 4.98 Å². The van der Waals surface area contributed by atoms with Crippen molar-refractivity contribution in [2.24, 2.45) is 0 Å². The van der Waals surface area contributed by atoms with E-state index >= 15 is 0 Å². The lowest BCUT2D eigenvalue weighted by Crippen LogP contribution is -2.51. The minimum absolute atomic E-state index is 0.219. The third kappa shape index (κ3) is 7.62. The molecule has 2 aromatic heterocycles. The molecule has 4 heterocycles. The molecule has 3 amide bonds. The van der Waals surface area contributed by atoms with Gasteiger partial charge in [0, 0.05) is 57.0 Å². The van der Waals surface area contributed by atoms with Crippen LogP contribution in [0.4, 0.5) is 0 Å². The molecule has 0 fully saturated rings. The number of rotatable bonds is 4. The molecule has 47 heavy (non-hydrogen) atoms. The van der Waals surface area contributed by atoms with Gasteiger partial charge in [0.15, 0.2) is 11.5 Å². The highest BCUT2D eigenvalue weighted by atomic mass is 16.5. The summed E-state index contributed by atoms with van der Waals surface area (Å²) in [4.78, 5) is 47.1. The Bertz CT molecular complexity index is 1700. The van der Waals surface area contributed by atoms with Crippen molar-refractivity contribution in [1.82, 2.24) is 39.8 Å². The molecule has 2 bridgehead atoms. The number of nitrogens with one attached hydrogen (secondary N) is 2. The molecule has 0 saturated heterocycles. The lowest BCUT2D eigenvalue weighted by molar-refractivity contribution is -0.129. The van der Waals surface area contributed by atoms with Crippen molar-refractivity contribution >= 4 is 17.7 Å². The highest BCUT2D eigenvalue weighted by Gasteiger charge is 2.28. The van der Waals surface area contributed by atoms with E-state index in [0.717, 1.165) is 42.6 Å². The molecule has 0 unspecified atom stereocenters. The average Bonchev–Trinajstić information content (AvgIpc) is 3.65. The number of ether oxygens (including phenoxy) is 2. The van der Waals surface area contributed by atoms with Gasteiger partial charge >= 0.3 is 0 Å². The van der Waals surface area contributed by atoms with E-state index in [1.807, 2.05) is 63.9 Å². The smallest absolute Gasteiger partial charge is 0.292 e. The molecular formula is C34H40N8O5. The zero-order valence-corrected chi connectivity index (χ0v) is 26.6. The van der Waals surface area contributed by atoms with E-state index in [0.29, 0.717) is 49.8 Å². The number of benzene rings is 2. The van der Waals surface area contributed by atoms with Crippen LogP contribution >= 0.6 is 0 Å². The van der Waals surface area contributed by atoms with Crippen molar-refractivity contribution in [2.75, 3.05) is 33.4 Å². The summed E-state index contributed by atoms with van der Waals surface area (Å²) >= 11 is 0. The Morgan fingerprint density at radius 2 is 1.89 bits per heavy atom. The summed E-state index contributed by atoms with van der Waals surface area (Å²) in [6, 6.07) is 14.3. The largest absolute Gasteiger partial charge is 0.493 e. The van der Waals surface area contributed by atoms with E-state index in [9.17, 15) is 14.4 Å². The zero-order valence-electron chi connectivity index (χ0n) is 26.6. The molecule has 0 spiro atoms. The number of hydrogen-bond donors (Lipinski definition) is 2. The Labute approximate surface area is 273 Å². The molecule has 0 aliphatic carbocycles. The number of nitrogens with zero attached hydrogens (tertiary/aromatic N) is 6. The van der Waals surface area contributed by atoms with Gasteiger partial charge in [-0.3, -0.25) is 14.4 Å². The number of aryl methyl sites for hydroxylation is 1. The second-order valence-corrected chi connectivity index (χ2v) is 11.7. The molecular weight excluding hydrogens is 600 g/mol. The maximum atomic E-state index is 14.0. The van der Waals surface area contributed by atoms with Gasteiger partial charge < -0.3 is 34.1 Å². The summed E-state index contributed by atoms with van der Waals surface area (Å²) in [6.45, 7) is 1.65. The quantitative estimate of drug-likeness (QED) is 0.347. The van der Waals surface area contributed by atoms with Crippen molar-refractivity contribution < 1.29 is 23.9 Å². The maximum Gasteiger partial charge on any atom is 0.292 e. The molecule has 2 aliphatic heterocycles. The monoisotopic (exact) mass is 640 g/mol. The van der Waals surface area contributed by atoms with Crippen LogP contribution in [0.1, 0.15) is 47.7 Å². The normalized spacial score (nSPS) is 17.9. The highest BCUT2D eigenvalue weighted by molar-refractivity contribution is 5.95. The molecule has 4 aromatic rings. The maximum absolute atomic E-state index is 14.0. The minimum Gasteiger partial charge on any atom is -0.493 e. The van der Waals surface area contributed by atoms with Gasteiger partial charge in [0.05, 0.1) is 20.3 Å². The molecule has 1 atom stereocenters. The first-order chi connectivity index (χ1) is 23.0. The minimum atomic E-state index is -0.847. The third-order valence-corrected chi connectivity index (χ3v) is 8.48. The van der Waals surface area contributed by atoms with Crippen LogP contribution in [0.25, 0.3) is 11.4 Å². The first-order valence-electron chi connectivity index (χ1n) is 16.1. The van der Waals surface area contributed by atoms with Crippen LogP contribution in [0.15, 0.2) is 60.9 Å². The number of fused-ring (bicyclic) bond motifs is 5. The first kappa shape index (κ1) is 31.8. The fraction of sp³-hybridized carbons (Fsp3) is 0.412. The fourth-order valence-electron chi connectivity index (χ4n) is 6.05. The van der Waals surface area contributed by atoms with E-state index in [1.165, 1.54) is 4.90 Å². The topological polar surface area (TPSA) is 146 Å². The number of carbonyl (C=O) groups excluding carboxylic acids is 3. The van der Waals surface area contributed by atoms with E-state index in [4.69, 9.17) is 9.47 Å². The van der Waals surface area contributed by atoms with Crippen LogP contribution in [0, 0.1) is 0 Å². The summed E-state index contributed by atoms with van der Waals surface area (Å²) in [5.41, 5.74) is 1.73. The lowest BCUT2D eigenvalue weighted by Gasteiger charge is -2.25. The van der Waals surface area contributed by atoms with Gasteiger partial charge in [-0.1, -0.05) is 36.8 Å². The Morgan fingerprint density at radius 1 is 1.02 bits per heavy atom. The van der Waals surface area contributed by atoms with E-state index in [-0.39, 0.29) is 37.3 Å². The third-order valence-electron chi connectivity index (χ3n) is 8.48. The van der Waals surface area contributed by atoms with Crippen molar-refractivity contribution in [3.05, 3.63) is 78.1 Å². The van der Waals surface area contributed by atoms with E-state index in [2.05, 4.69) is 25.8 Å². The molecule has 246 valence electrons. The fourth-order valence-corrected chi connectivity index (χ4v) is 6.05. The van der Waals surface area contributed by atoms with E-state index in [1.54, 1.807) is 13.3 Å². The lowest BCUT2D eigenvalue weighted by atomic mass is 10.1. The Morgan fingerprint density at radius 3 is 2.74 bits per heavy atom. The Hall–Kier alpha value is -5.20. The molecule has 2 aliphatic rings. The van der Waals surface area contributed by atoms with Crippen molar-refractivity contribution in [1.29, 1.82) is 0 Å². The molecule has 6 rings (SSSR count). The predicted molar refractivity (Wildman–Crippen MR) is 173 cm³/mol. The van der Waals surface area contributed by atoms with Crippen LogP contribution in [0.2, 0.25) is 0 Å².